The van der Waals surface area contributed by atoms with Crippen molar-refractivity contribution in [3.05, 3.63) is 28.2 Å². The molecule has 0 spiro atoms. The fourth-order valence-corrected chi connectivity index (χ4v) is 1.49. The highest BCUT2D eigenvalue weighted by Crippen LogP contribution is 2.25. The third-order valence-electron chi connectivity index (χ3n) is 2.01. The molecular weight excluding hydrogens is 279 g/mol. The summed E-state index contributed by atoms with van der Waals surface area (Å²) in [6.07, 6.45) is -0.471. The van der Waals surface area contributed by atoms with Crippen LogP contribution in [0, 0.1) is 0 Å². The van der Waals surface area contributed by atoms with E-state index in [9.17, 15) is 9.59 Å². The van der Waals surface area contributed by atoms with Gasteiger partial charge in [0.1, 0.15) is 0 Å². The molecule has 0 heterocycles. The average Bonchev–Trinajstić information content (AvgIpc) is 2.33. The SMILES string of the molecule is COC(=O)NCCC(=O)Nc1cc(Cl)ccc1Cl. The van der Waals surface area contributed by atoms with Gasteiger partial charge in [-0.2, -0.15) is 0 Å². The number of ether oxygens (including phenoxy) is 1. The van der Waals surface area contributed by atoms with E-state index in [0.717, 1.165) is 0 Å². The van der Waals surface area contributed by atoms with Crippen molar-refractivity contribution in [2.24, 2.45) is 0 Å². The number of halogens is 2. The quantitative estimate of drug-likeness (QED) is 0.896. The van der Waals surface area contributed by atoms with Crippen molar-refractivity contribution >= 4 is 40.9 Å². The maximum atomic E-state index is 11.5. The fourth-order valence-electron chi connectivity index (χ4n) is 1.16. The van der Waals surface area contributed by atoms with E-state index < -0.39 is 6.09 Å². The summed E-state index contributed by atoms with van der Waals surface area (Å²) in [7, 11) is 1.25. The molecule has 18 heavy (non-hydrogen) atoms. The Kier molecular flexibility index (Phi) is 5.74. The van der Waals surface area contributed by atoms with Crippen LogP contribution in [-0.4, -0.2) is 25.7 Å². The fraction of sp³-hybridized carbons (Fsp3) is 0.273. The Bertz CT molecular complexity index is 452. The molecule has 0 saturated heterocycles. The number of anilines is 1. The Morgan fingerprint density at radius 1 is 1.33 bits per heavy atom. The normalized spacial score (nSPS) is 9.72. The lowest BCUT2D eigenvalue weighted by atomic mass is 10.3. The van der Waals surface area contributed by atoms with Crippen LogP contribution in [0.15, 0.2) is 18.2 Å². The summed E-state index contributed by atoms with van der Waals surface area (Å²) in [4.78, 5) is 22.3. The van der Waals surface area contributed by atoms with E-state index in [1.54, 1.807) is 18.2 Å². The van der Waals surface area contributed by atoms with Gasteiger partial charge < -0.3 is 15.4 Å². The third-order valence-corrected chi connectivity index (χ3v) is 2.57. The summed E-state index contributed by atoms with van der Waals surface area (Å²) in [5, 5.41) is 5.86. The highest BCUT2D eigenvalue weighted by molar-refractivity contribution is 6.35. The van der Waals surface area contributed by atoms with E-state index in [1.807, 2.05) is 0 Å². The second kappa shape index (κ2) is 7.08. The topological polar surface area (TPSA) is 67.4 Å². The molecule has 0 aromatic heterocycles. The number of alkyl carbamates (subject to hydrolysis) is 1. The first-order valence-corrected chi connectivity index (χ1v) is 5.85. The molecule has 0 fully saturated rings. The number of carbonyl (C=O) groups is 2. The maximum absolute atomic E-state index is 11.5. The van der Waals surface area contributed by atoms with Crippen molar-refractivity contribution in [1.29, 1.82) is 0 Å². The minimum absolute atomic E-state index is 0.109. The molecule has 2 N–H and O–H groups in total. The Hall–Kier alpha value is -1.46. The van der Waals surface area contributed by atoms with E-state index in [-0.39, 0.29) is 18.9 Å². The Balaban J connectivity index is 2.44. The highest BCUT2D eigenvalue weighted by atomic mass is 35.5. The number of carbonyl (C=O) groups excluding carboxylic acids is 2. The van der Waals surface area contributed by atoms with Gasteiger partial charge >= 0.3 is 6.09 Å². The molecule has 0 aliphatic rings. The van der Waals surface area contributed by atoms with Crippen LogP contribution in [0.1, 0.15) is 6.42 Å². The van der Waals surface area contributed by atoms with Gasteiger partial charge in [0, 0.05) is 18.0 Å². The lowest BCUT2D eigenvalue weighted by Crippen LogP contribution is -2.27. The molecule has 0 radical (unpaired) electrons. The molecular formula is C11H12Cl2N2O3. The standard InChI is InChI=1S/C11H12Cl2N2O3/c1-18-11(17)14-5-4-10(16)15-9-6-7(12)2-3-8(9)13/h2-3,6H,4-5H2,1H3,(H,14,17)(H,15,16). The van der Waals surface area contributed by atoms with E-state index in [1.165, 1.54) is 7.11 Å². The molecule has 98 valence electrons. The van der Waals surface area contributed by atoms with Crippen LogP contribution in [0.25, 0.3) is 0 Å². The number of amides is 2. The molecule has 1 aromatic rings. The number of hydrogen-bond donors (Lipinski definition) is 2. The van der Waals surface area contributed by atoms with E-state index in [2.05, 4.69) is 15.4 Å². The largest absolute Gasteiger partial charge is 0.453 e. The first kappa shape index (κ1) is 14.6. The predicted molar refractivity (Wildman–Crippen MR) is 70.1 cm³/mol. The molecule has 5 nitrogen and oxygen atoms in total. The minimum atomic E-state index is -0.580. The van der Waals surface area contributed by atoms with Gasteiger partial charge in [0.15, 0.2) is 0 Å². The molecule has 0 aliphatic heterocycles. The zero-order valence-electron chi connectivity index (χ0n) is 9.63. The summed E-state index contributed by atoms with van der Waals surface area (Å²) in [6.45, 7) is 0.177. The average molecular weight is 291 g/mol. The van der Waals surface area contributed by atoms with Crippen LogP contribution < -0.4 is 10.6 Å². The first-order valence-electron chi connectivity index (χ1n) is 5.09. The Labute approximate surface area is 114 Å². The summed E-state index contributed by atoms with van der Waals surface area (Å²) >= 11 is 11.7. The van der Waals surface area contributed by atoms with Gasteiger partial charge in [-0.05, 0) is 18.2 Å². The second-order valence-electron chi connectivity index (χ2n) is 3.34. The second-order valence-corrected chi connectivity index (χ2v) is 4.18. The number of hydrogen-bond acceptors (Lipinski definition) is 3. The first-order chi connectivity index (χ1) is 8.52. The molecule has 0 aliphatic carbocycles. The Morgan fingerprint density at radius 3 is 2.72 bits per heavy atom. The summed E-state index contributed by atoms with van der Waals surface area (Å²) in [5.74, 6) is -0.282. The van der Waals surface area contributed by atoms with Crippen LogP contribution in [0.5, 0.6) is 0 Å². The number of benzene rings is 1. The van der Waals surface area contributed by atoms with Gasteiger partial charge in [-0.3, -0.25) is 4.79 Å². The van der Waals surface area contributed by atoms with Gasteiger partial charge in [0.05, 0.1) is 17.8 Å². The van der Waals surface area contributed by atoms with Crippen LogP contribution in [0.4, 0.5) is 10.5 Å². The van der Waals surface area contributed by atoms with Crippen molar-refractivity contribution in [3.8, 4) is 0 Å². The van der Waals surface area contributed by atoms with Crippen LogP contribution in [-0.2, 0) is 9.53 Å². The predicted octanol–water partition coefficient (Wildman–Crippen LogP) is 2.68. The van der Waals surface area contributed by atoms with Gasteiger partial charge in [0.25, 0.3) is 0 Å². The van der Waals surface area contributed by atoms with Crippen LogP contribution in [0.3, 0.4) is 0 Å². The monoisotopic (exact) mass is 290 g/mol. The molecule has 0 bridgehead atoms. The third kappa shape index (κ3) is 4.81. The smallest absolute Gasteiger partial charge is 0.406 e. The molecule has 2 amide bonds. The van der Waals surface area contributed by atoms with Gasteiger partial charge in [-0.25, -0.2) is 4.79 Å². The lowest BCUT2D eigenvalue weighted by Gasteiger charge is -2.08. The molecule has 7 heteroatoms. The summed E-state index contributed by atoms with van der Waals surface area (Å²) < 4.78 is 4.36. The van der Waals surface area contributed by atoms with Crippen molar-refractivity contribution in [2.45, 2.75) is 6.42 Å². The highest BCUT2D eigenvalue weighted by Gasteiger charge is 2.07. The van der Waals surface area contributed by atoms with E-state index >= 15 is 0 Å². The summed E-state index contributed by atoms with van der Waals surface area (Å²) in [5.41, 5.74) is 0.437. The van der Waals surface area contributed by atoms with E-state index in [4.69, 9.17) is 23.2 Å². The lowest BCUT2D eigenvalue weighted by molar-refractivity contribution is -0.116. The number of nitrogens with one attached hydrogen (secondary N) is 2. The molecule has 0 atom stereocenters. The van der Waals surface area contributed by atoms with Crippen molar-refractivity contribution in [2.75, 3.05) is 19.0 Å². The zero-order valence-corrected chi connectivity index (χ0v) is 11.1. The van der Waals surface area contributed by atoms with Crippen molar-refractivity contribution in [3.63, 3.8) is 0 Å². The minimum Gasteiger partial charge on any atom is -0.453 e. The van der Waals surface area contributed by atoms with Gasteiger partial charge in [-0.1, -0.05) is 23.2 Å². The Morgan fingerprint density at radius 2 is 2.06 bits per heavy atom. The van der Waals surface area contributed by atoms with Crippen LogP contribution >= 0.6 is 23.2 Å². The molecule has 1 aromatic carbocycles. The maximum Gasteiger partial charge on any atom is 0.406 e. The molecule has 0 unspecified atom stereocenters. The molecule has 0 saturated carbocycles. The van der Waals surface area contributed by atoms with Gasteiger partial charge in [0.2, 0.25) is 5.91 Å². The van der Waals surface area contributed by atoms with E-state index in [0.29, 0.717) is 15.7 Å². The zero-order chi connectivity index (χ0) is 13.5. The number of methoxy groups -OCH3 is 1. The van der Waals surface area contributed by atoms with Crippen molar-refractivity contribution in [1.82, 2.24) is 5.32 Å². The van der Waals surface area contributed by atoms with Gasteiger partial charge in [-0.15, -0.1) is 0 Å². The number of rotatable bonds is 4. The van der Waals surface area contributed by atoms with Crippen molar-refractivity contribution < 1.29 is 14.3 Å². The summed E-state index contributed by atoms with van der Waals surface area (Å²) in [6, 6.07) is 4.76. The molecule has 1 rings (SSSR count). The van der Waals surface area contributed by atoms with Crippen LogP contribution in [0.2, 0.25) is 10.0 Å².